The van der Waals surface area contributed by atoms with Gasteiger partial charge in [0.1, 0.15) is 11.3 Å². The minimum Gasteiger partial charge on any atom is -0.493 e. The highest BCUT2D eigenvalue weighted by Crippen LogP contribution is 2.20. The molecule has 29 heavy (non-hydrogen) atoms. The van der Waals surface area contributed by atoms with Crippen molar-refractivity contribution in [1.82, 2.24) is 0 Å². The van der Waals surface area contributed by atoms with Gasteiger partial charge in [-0.15, -0.1) is 0 Å². The fraction of sp³-hybridized carbons (Fsp3) is 0.208. The van der Waals surface area contributed by atoms with E-state index >= 15 is 0 Å². The molecule has 0 aliphatic rings. The van der Waals surface area contributed by atoms with E-state index in [1.54, 1.807) is 24.3 Å². The standard InChI is InChI=1S/C24H26N2O3/c1-24(25,17-27)23(28)26-21-11-13-22(14-12-21)29-16-15-18-7-9-20(10-8-18)19-5-3-2-4-6-19/h2-14,27H,15-17,25H2,1H3,(H,26,28). The van der Waals surface area contributed by atoms with Crippen molar-refractivity contribution < 1.29 is 14.6 Å². The number of nitrogens with two attached hydrogens (primary N) is 1. The number of aliphatic hydroxyl groups excluding tert-OH is 1. The van der Waals surface area contributed by atoms with Crippen LogP contribution in [0.1, 0.15) is 12.5 Å². The highest BCUT2D eigenvalue weighted by molar-refractivity contribution is 5.97. The number of amides is 1. The monoisotopic (exact) mass is 390 g/mol. The predicted octanol–water partition coefficient (Wildman–Crippen LogP) is 3.62. The first-order chi connectivity index (χ1) is 14.0. The van der Waals surface area contributed by atoms with Gasteiger partial charge in [0.25, 0.3) is 0 Å². The Kier molecular flexibility index (Phi) is 6.65. The number of rotatable bonds is 8. The second-order valence-corrected chi connectivity index (χ2v) is 7.22. The Morgan fingerprint density at radius 1 is 0.966 bits per heavy atom. The number of nitrogens with one attached hydrogen (secondary N) is 1. The molecular formula is C24H26N2O3. The number of benzene rings is 3. The molecule has 0 aliphatic carbocycles. The number of hydrogen-bond acceptors (Lipinski definition) is 4. The Morgan fingerprint density at radius 3 is 2.21 bits per heavy atom. The lowest BCUT2D eigenvalue weighted by atomic mass is 10.0. The smallest absolute Gasteiger partial charge is 0.246 e. The number of hydrogen-bond donors (Lipinski definition) is 3. The topological polar surface area (TPSA) is 84.6 Å². The Hall–Kier alpha value is -3.15. The normalized spacial score (nSPS) is 12.8. The highest BCUT2D eigenvalue weighted by atomic mass is 16.5. The first-order valence-electron chi connectivity index (χ1n) is 9.56. The van der Waals surface area contributed by atoms with E-state index in [1.165, 1.54) is 23.6 Å². The molecule has 1 unspecified atom stereocenters. The van der Waals surface area contributed by atoms with Gasteiger partial charge < -0.3 is 20.9 Å². The first kappa shape index (κ1) is 20.6. The van der Waals surface area contributed by atoms with E-state index in [9.17, 15) is 4.79 Å². The predicted molar refractivity (Wildman–Crippen MR) is 116 cm³/mol. The Balaban J connectivity index is 1.49. The molecule has 0 radical (unpaired) electrons. The van der Waals surface area contributed by atoms with Gasteiger partial charge in [0.2, 0.25) is 5.91 Å². The quantitative estimate of drug-likeness (QED) is 0.548. The molecule has 3 rings (SSSR count). The van der Waals surface area contributed by atoms with Gasteiger partial charge in [-0.25, -0.2) is 0 Å². The summed E-state index contributed by atoms with van der Waals surface area (Å²) >= 11 is 0. The maximum atomic E-state index is 12.0. The Labute approximate surface area is 171 Å². The van der Waals surface area contributed by atoms with Crippen LogP contribution < -0.4 is 15.8 Å². The molecule has 3 aromatic carbocycles. The summed E-state index contributed by atoms with van der Waals surface area (Å²) in [6, 6.07) is 25.9. The van der Waals surface area contributed by atoms with Crippen molar-refractivity contribution in [3.63, 3.8) is 0 Å². The molecule has 1 amide bonds. The van der Waals surface area contributed by atoms with E-state index in [1.807, 2.05) is 18.2 Å². The van der Waals surface area contributed by atoms with Crippen LogP contribution in [0.4, 0.5) is 5.69 Å². The van der Waals surface area contributed by atoms with Crippen LogP contribution in [-0.2, 0) is 11.2 Å². The number of carbonyl (C=O) groups excluding carboxylic acids is 1. The summed E-state index contributed by atoms with van der Waals surface area (Å²) < 4.78 is 5.80. The van der Waals surface area contributed by atoms with Crippen LogP contribution in [0.5, 0.6) is 5.75 Å². The van der Waals surface area contributed by atoms with Crippen LogP contribution in [0.2, 0.25) is 0 Å². The summed E-state index contributed by atoms with van der Waals surface area (Å²) in [5.74, 6) is 0.286. The third-order valence-electron chi connectivity index (χ3n) is 4.68. The Morgan fingerprint density at radius 2 is 1.59 bits per heavy atom. The zero-order valence-electron chi connectivity index (χ0n) is 16.5. The highest BCUT2D eigenvalue weighted by Gasteiger charge is 2.27. The molecule has 3 aromatic rings. The number of carbonyl (C=O) groups is 1. The van der Waals surface area contributed by atoms with Gasteiger partial charge in [0.05, 0.1) is 13.2 Å². The number of ether oxygens (including phenoxy) is 1. The van der Waals surface area contributed by atoms with Gasteiger partial charge in [-0.3, -0.25) is 4.79 Å². The lowest BCUT2D eigenvalue weighted by Crippen LogP contribution is -2.51. The van der Waals surface area contributed by atoms with E-state index in [2.05, 4.69) is 41.7 Å². The summed E-state index contributed by atoms with van der Waals surface area (Å²) in [7, 11) is 0. The lowest BCUT2D eigenvalue weighted by Gasteiger charge is -2.20. The van der Waals surface area contributed by atoms with Gasteiger partial charge in [0.15, 0.2) is 0 Å². The largest absolute Gasteiger partial charge is 0.493 e. The number of aliphatic hydroxyl groups is 1. The van der Waals surface area contributed by atoms with Crippen molar-refractivity contribution >= 4 is 11.6 Å². The van der Waals surface area contributed by atoms with E-state index in [4.69, 9.17) is 15.6 Å². The van der Waals surface area contributed by atoms with Gasteiger partial charge in [-0.1, -0.05) is 54.6 Å². The van der Waals surface area contributed by atoms with E-state index in [0.717, 1.165) is 12.2 Å². The molecule has 0 bridgehead atoms. The van der Waals surface area contributed by atoms with Crippen molar-refractivity contribution in [2.24, 2.45) is 5.73 Å². The van der Waals surface area contributed by atoms with Crippen LogP contribution in [-0.4, -0.2) is 29.8 Å². The van der Waals surface area contributed by atoms with E-state index in [0.29, 0.717) is 12.3 Å². The molecule has 5 nitrogen and oxygen atoms in total. The second-order valence-electron chi connectivity index (χ2n) is 7.22. The van der Waals surface area contributed by atoms with E-state index in [-0.39, 0.29) is 0 Å². The van der Waals surface area contributed by atoms with Crippen molar-refractivity contribution in [2.75, 3.05) is 18.5 Å². The molecule has 0 saturated heterocycles. The SMILES string of the molecule is CC(N)(CO)C(=O)Nc1ccc(OCCc2ccc(-c3ccccc3)cc2)cc1. The molecule has 0 fully saturated rings. The molecule has 5 heteroatoms. The zero-order valence-corrected chi connectivity index (χ0v) is 16.5. The van der Waals surface area contributed by atoms with E-state index < -0.39 is 18.1 Å². The summed E-state index contributed by atoms with van der Waals surface area (Å²) in [5.41, 5.74) is 8.61. The summed E-state index contributed by atoms with van der Waals surface area (Å²) in [4.78, 5) is 12.0. The molecule has 1 atom stereocenters. The molecule has 0 aliphatic heterocycles. The molecule has 4 N–H and O–H groups in total. The molecule has 150 valence electrons. The van der Waals surface area contributed by atoms with Crippen molar-refractivity contribution in [1.29, 1.82) is 0 Å². The van der Waals surface area contributed by atoms with Gasteiger partial charge in [0, 0.05) is 12.1 Å². The van der Waals surface area contributed by atoms with Gasteiger partial charge in [-0.05, 0) is 47.9 Å². The van der Waals surface area contributed by atoms with Crippen LogP contribution in [0.15, 0.2) is 78.9 Å². The van der Waals surface area contributed by atoms with Crippen LogP contribution in [0.3, 0.4) is 0 Å². The maximum Gasteiger partial charge on any atom is 0.246 e. The molecule has 0 aromatic heterocycles. The van der Waals surface area contributed by atoms with Crippen LogP contribution in [0, 0.1) is 0 Å². The zero-order chi connectivity index (χ0) is 20.7. The fourth-order valence-corrected chi connectivity index (χ4v) is 2.76. The summed E-state index contributed by atoms with van der Waals surface area (Å²) in [5, 5.41) is 11.8. The molecule has 0 spiro atoms. The molecule has 0 heterocycles. The van der Waals surface area contributed by atoms with Crippen LogP contribution in [0.25, 0.3) is 11.1 Å². The maximum absolute atomic E-state index is 12.0. The molecule has 0 saturated carbocycles. The third kappa shape index (κ3) is 5.67. The van der Waals surface area contributed by atoms with Gasteiger partial charge >= 0.3 is 0 Å². The first-order valence-corrected chi connectivity index (χ1v) is 9.56. The van der Waals surface area contributed by atoms with Crippen molar-refractivity contribution in [3.05, 3.63) is 84.4 Å². The lowest BCUT2D eigenvalue weighted by molar-refractivity contribution is -0.121. The Bertz CT molecular complexity index is 921. The summed E-state index contributed by atoms with van der Waals surface area (Å²) in [6.45, 7) is 1.61. The van der Waals surface area contributed by atoms with Crippen molar-refractivity contribution in [2.45, 2.75) is 18.9 Å². The average molecular weight is 390 g/mol. The third-order valence-corrected chi connectivity index (χ3v) is 4.68. The summed E-state index contributed by atoms with van der Waals surface area (Å²) in [6.07, 6.45) is 0.801. The fourth-order valence-electron chi connectivity index (χ4n) is 2.76. The second kappa shape index (κ2) is 9.37. The van der Waals surface area contributed by atoms with Crippen molar-refractivity contribution in [3.8, 4) is 16.9 Å². The van der Waals surface area contributed by atoms with Gasteiger partial charge in [-0.2, -0.15) is 0 Å². The number of anilines is 1. The van der Waals surface area contributed by atoms with Crippen LogP contribution >= 0.6 is 0 Å². The molecular weight excluding hydrogens is 364 g/mol. The minimum atomic E-state index is -1.31. The average Bonchev–Trinajstić information content (AvgIpc) is 2.76. The minimum absolute atomic E-state index is 0.424.